The Morgan fingerprint density at radius 1 is 0.424 bits per heavy atom. The van der Waals surface area contributed by atoms with Gasteiger partial charge in [-0.05, 0) is 160 Å². The summed E-state index contributed by atoms with van der Waals surface area (Å²) in [5.74, 6) is 0.803. The lowest BCUT2D eigenvalue weighted by Gasteiger charge is -2.36. The van der Waals surface area contributed by atoms with E-state index in [4.69, 9.17) is 0 Å². The van der Waals surface area contributed by atoms with E-state index in [0.717, 1.165) is 174 Å². The van der Waals surface area contributed by atoms with Crippen molar-refractivity contribution in [2.24, 2.45) is 17.8 Å². The van der Waals surface area contributed by atoms with Crippen molar-refractivity contribution in [2.45, 2.75) is 98.1 Å². The SMILES string of the molecule is CC1CCN(C(=O)N2CCn3cc(C4=C(c5cnc6ccccn56)C(=O)CN4)c4cc(F)cc(c43)C2)CC1.CCC1CCN(C(=O)N2CCn3cc(C4=C(c5cnc6ccccn56)C(=O)CN4)c4cc(F)cc(c43)C2)CC1.CN(C)CC1CCN(C(=O)N2CCn3cc(C4=C(c5cnc6ccccn56)C(=O)CN4)c4cc(F)cc(c43)C2)CC1. The normalized spacial score (nSPS) is 18.4. The summed E-state index contributed by atoms with van der Waals surface area (Å²) in [5, 5.41) is 12.1. The molecule has 25 nitrogen and oxygen atoms in total. The van der Waals surface area contributed by atoms with Gasteiger partial charge in [-0.25, -0.2) is 42.5 Å². The van der Waals surface area contributed by atoms with E-state index in [1.807, 2.05) is 134 Å². The van der Waals surface area contributed by atoms with Crippen LogP contribution in [0.4, 0.5) is 27.6 Å². The molecule has 0 radical (unpaired) electrons. The number of rotatable bonds is 9. The number of ketones is 3. The summed E-state index contributed by atoms with van der Waals surface area (Å²) < 4.78 is 57.4. The van der Waals surface area contributed by atoms with Crippen molar-refractivity contribution in [1.29, 1.82) is 0 Å². The van der Waals surface area contributed by atoms with Gasteiger partial charge in [0.15, 0.2) is 17.3 Å². The monoisotopic (exact) mass is 1590 g/mol. The van der Waals surface area contributed by atoms with Gasteiger partial charge in [-0.1, -0.05) is 38.5 Å². The van der Waals surface area contributed by atoms with E-state index in [1.165, 1.54) is 6.07 Å². The number of nitrogens with one attached hydrogen (secondary N) is 3. The molecule has 9 aliphatic rings. The summed E-state index contributed by atoms with van der Waals surface area (Å²) in [6, 6.07) is 26.5. The number of halogens is 3. The van der Waals surface area contributed by atoms with Gasteiger partial charge in [-0.2, -0.15) is 0 Å². The first kappa shape index (κ1) is 75.6. The lowest BCUT2D eigenvalue weighted by molar-refractivity contribution is -0.113. The van der Waals surface area contributed by atoms with Crippen LogP contribution in [-0.4, -0.2) is 211 Å². The van der Waals surface area contributed by atoms with Gasteiger partial charge < -0.3 is 64.0 Å². The molecule has 12 aromatic rings. The second-order valence-corrected chi connectivity index (χ2v) is 33.2. The molecule has 0 unspecified atom stereocenters. The molecule has 9 aromatic heterocycles. The van der Waals surface area contributed by atoms with E-state index < -0.39 is 0 Å². The van der Waals surface area contributed by atoms with Crippen molar-refractivity contribution in [3.8, 4) is 0 Å². The van der Waals surface area contributed by atoms with Crippen LogP contribution in [0.3, 0.4) is 0 Å². The second kappa shape index (κ2) is 30.9. The summed E-state index contributed by atoms with van der Waals surface area (Å²) in [5.41, 5.74) is 15.6. The molecule has 118 heavy (non-hydrogen) atoms. The molecule has 606 valence electrons. The number of piperidine rings is 3. The van der Waals surface area contributed by atoms with E-state index in [0.29, 0.717) is 128 Å². The maximum atomic E-state index is 15.2. The standard InChI is InChI=1S/C31H34FN7O2.C30H31FN6O2.C29H29FN6O2/c1-35(2)17-20-6-9-36(10-7-20)31(41)38-12-11-37-19-24(23-14-22(32)13-21(18-38)30(23)37)29-28(26(40)16-34-29)25-15-33-27-5-3-4-8-39(25)27;1-2-19-6-9-34(10-7-19)30(39)36-12-11-35-18-23(22-14-21(31)13-20(17-36)29(22)35)28-27(25(38)16-33-28)24-15-32-26-5-3-4-8-37(24)26;1-18-5-8-33(9-6-18)29(38)35-11-10-34-17-22(21-13-20(30)12-19(16-35)28(21)34)27-26(24(37)15-32-27)23-14-31-25-4-2-3-7-36(23)25/h3-5,8,13-15,19-20,34H,6-7,9-12,16-18H2,1-2H3;3-5,8,13-15,18-19,33H,2,6-7,9-12,16-17H2,1H3;2-4,7,12-14,17-18,32H,5-6,8-11,15-16H2,1H3. The number of carbonyl (C=O) groups excluding carboxylic acids is 6. The van der Waals surface area contributed by atoms with Crippen molar-refractivity contribution in [1.82, 2.24) is 92.1 Å². The number of pyridine rings is 3. The fraction of sp³-hybridized carbons (Fsp3) is 0.367. The van der Waals surface area contributed by atoms with Crippen LogP contribution in [0.15, 0.2) is 147 Å². The molecule has 3 aromatic carbocycles. The molecular formula is C90H94F3N19O6. The topological polar surface area (TPSA) is 228 Å². The third-order valence-corrected chi connectivity index (χ3v) is 25.5. The number of amides is 6. The van der Waals surface area contributed by atoms with Crippen molar-refractivity contribution < 1.29 is 41.9 Å². The highest BCUT2D eigenvalue weighted by atomic mass is 19.1. The highest BCUT2D eigenvalue weighted by Gasteiger charge is 2.38. The molecule has 0 spiro atoms. The first-order valence-electron chi connectivity index (χ1n) is 41.4. The minimum Gasteiger partial charge on any atom is -0.376 e. The van der Waals surface area contributed by atoms with Gasteiger partial charge in [0.25, 0.3) is 0 Å². The van der Waals surface area contributed by atoms with E-state index in [1.54, 1.807) is 48.9 Å². The Hall–Kier alpha value is -12.5. The predicted octanol–water partition coefficient (Wildman–Crippen LogP) is 12.3. The summed E-state index contributed by atoms with van der Waals surface area (Å²) >= 11 is 0. The molecular weight excluding hydrogens is 1500 g/mol. The molecule has 3 fully saturated rings. The number of fused-ring (bicyclic) bond motifs is 3. The average molecular weight is 1590 g/mol. The van der Waals surface area contributed by atoms with Gasteiger partial charge in [0.05, 0.1) is 106 Å². The Kier molecular flexibility index (Phi) is 19.8. The number of hydrogen-bond donors (Lipinski definition) is 3. The van der Waals surface area contributed by atoms with Crippen molar-refractivity contribution in [3.05, 3.63) is 215 Å². The highest BCUT2D eigenvalue weighted by molar-refractivity contribution is 6.34. The van der Waals surface area contributed by atoms with Crippen LogP contribution in [0.1, 0.15) is 109 Å². The summed E-state index contributed by atoms with van der Waals surface area (Å²) in [6.07, 6.45) is 24.1. The lowest BCUT2D eigenvalue weighted by atomic mass is 9.95. The fourth-order valence-corrected chi connectivity index (χ4v) is 19.5. The molecule has 0 atom stereocenters. The zero-order valence-electron chi connectivity index (χ0n) is 66.7. The van der Waals surface area contributed by atoms with Gasteiger partial charge in [-0.3, -0.25) is 27.6 Å². The van der Waals surface area contributed by atoms with Gasteiger partial charge in [-0.15, -0.1) is 0 Å². The second-order valence-electron chi connectivity index (χ2n) is 33.2. The molecule has 0 bridgehead atoms. The fourth-order valence-electron chi connectivity index (χ4n) is 19.5. The minimum atomic E-state index is -0.355. The number of imidazole rings is 3. The third-order valence-electron chi connectivity index (χ3n) is 25.5. The van der Waals surface area contributed by atoms with Crippen molar-refractivity contribution in [3.63, 3.8) is 0 Å². The largest absolute Gasteiger partial charge is 0.376 e. The Balaban J connectivity index is 0.000000118. The van der Waals surface area contributed by atoms with Crippen LogP contribution in [-0.2, 0) is 53.7 Å². The Morgan fingerprint density at radius 2 is 0.746 bits per heavy atom. The number of hydrogen-bond acceptors (Lipinski definition) is 13. The third kappa shape index (κ3) is 13.7. The average Bonchev–Trinajstić information content (AvgIpc) is 1.59. The minimum absolute atomic E-state index is 0.0242. The van der Waals surface area contributed by atoms with Gasteiger partial charge in [0.1, 0.15) is 34.4 Å². The summed E-state index contributed by atoms with van der Waals surface area (Å²) in [6.45, 7) is 15.1. The molecule has 18 heterocycles. The molecule has 21 rings (SSSR count). The van der Waals surface area contributed by atoms with E-state index in [2.05, 4.69) is 77.4 Å². The van der Waals surface area contributed by atoms with Crippen LogP contribution in [0.25, 0.3) is 83.5 Å². The highest BCUT2D eigenvalue weighted by Crippen LogP contribution is 2.43. The molecule has 3 N–H and O–H groups in total. The smallest absolute Gasteiger partial charge is 0.320 e. The number of benzene rings is 3. The molecule has 28 heteroatoms. The van der Waals surface area contributed by atoms with Crippen molar-refractivity contribution in [2.75, 3.05) is 99.2 Å². The first-order chi connectivity index (χ1) is 57.4. The molecule has 6 amide bonds. The maximum absolute atomic E-state index is 15.2. The van der Waals surface area contributed by atoms with Gasteiger partial charge >= 0.3 is 18.1 Å². The predicted molar refractivity (Wildman–Crippen MR) is 446 cm³/mol. The van der Waals surface area contributed by atoms with E-state index in [-0.39, 0.29) is 72.5 Å². The zero-order valence-corrected chi connectivity index (χ0v) is 66.7. The lowest BCUT2D eigenvalue weighted by Crippen LogP contribution is -2.47. The first-order valence-corrected chi connectivity index (χ1v) is 41.4. The Bertz CT molecular complexity index is 6190. The van der Waals surface area contributed by atoms with Gasteiger partial charge in [0.2, 0.25) is 0 Å². The zero-order chi connectivity index (χ0) is 80.9. The Labute approximate surface area is 679 Å². The van der Waals surface area contributed by atoms with E-state index in [9.17, 15) is 28.8 Å². The van der Waals surface area contributed by atoms with Crippen LogP contribution in [0.5, 0.6) is 0 Å². The quantitative estimate of drug-likeness (QED) is 0.122. The Morgan fingerprint density at radius 3 is 1.07 bits per heavy atom. The number of Topliss-reactive ketones (excluding diaryl/α,β-unsaturated/α-hetero) is 3. The number of likely N-dealkylation sites (tertiary alicyclic amines) is 3. The summed E-state index contributed by atoms with van der Waals surface area (Å²) in [7, 11) is 4.18. The van der Waals surface area contributed by atoms with Crippen molar-refractivity contribution >= 4 is 119 Å². The molecule has 3 saturated heterocycles. The molecule has 0 saturated carbocycles. The summed E-state index contributed by atoms with van der Waals surface area (Å²) in [4.78, 5) is 107. The van der Waals surface area contributed by atoms with Crippen LogP contribution in [0, 0.1) is 35.2 Å². The maximum Gasteiger partial charge on any atom is 0.320 e. The van der Waals surface area contributed by atoms with Gasteiger partial charge in [0, 0.05) is 175 Å². The van der Waals surface area contributed by atoms with Crippen LogP contribution >= 0.6 is 0 Å². The number of carbonyl (C=O) groups is 6. The van der Waals surface area contributed by atoms with E-state index >= 15 is 13.2 Å². The number of nitrogens with zero attached hydrogens (tertiary/aromatic N) is 16. The molecule has 0 aliphatic carbocycles. The number of aromatic nitrogens is 9. The van der Waals surface area contributed by atoms with Crippen LogP contribution in [0.2, 0.25) is 0 Å². The number of urea groups is 3. The molecule has 9 aliphatic heterocycles. The van der Waals surface area contributed by atoms with Crippen LogP contribution < -0.4 is 16.0 Å².